The molecule has 0 heterocycles. The molecule has 5 heteroatoms. The second kappa shape index (κ2) is 5.08. The molecule has 0 aliphatic rings. The van der Waals surface area contributed by atoms with Crippen molar-refractivity contribution in [3.8, 4) is 5.75 Å². The maximum absolute atomic E-state index is 12.2. The first-order valence-corrected chi connectivity index (χ1v) is 5.54. The molecule has 0 saturated heterocycles. The third kappa shape index (κ3) is 3.48. The SMILES string of the molecule is CC(C)(C)N(CC(=O)O)C(=O)c1ccc(O)cc1. The molecule has 0 saturated carbocycles. The Kier molecular flexibility index (Phi) is 3.96. The number of carbonyl (C=O) groups excluding carboxylic acids is 1. The van der Waals surface area contributed by atoms with Crippen molar-refractivity contribution in [3.05, 3.63) is 29.8 Å². The standard InChI is InChI=1S/C13H17NO4/c1-13(2,3)14(8-11(16)17)12(18)9-4-6-10(15)7-5-9/h4-7,15H,8H2,1-3H3,(H,16,17). The quantitative estimate of drug-likeness (QED) is 0.857. The van der Waals surface area contributed by atoms with E-state index < -0.39 is 11.5 Å². The van der Waals surface area contributed by atoms with Crippen LogP contribution in [0.2, 0.25) is 0 Å². The summed E-state index contributed by atoms with van der Waals surface area (Å²) in [5.74, 6) is -1.37. The smallest absolute Gasteiger partial charge is 0.323 e. The van der Waals surface area contributed by atoms with E-state index in [4.69, 9.17) is 10.2 Å². The number of amides is 1. The minimum Gasteiger partial charge on any atom is -0.508 e. The summed E-state index contributed by atoms with van der Waals surface area (Å²) in [5.41, 5.74) is -0.239. The van der Waals surface area contributed by atoms with Crippen LogP contribution < -0.4 is 0 Å². The van der Waals surface area contributed by atoms with Crippen LogP contribution in [0.1, 0.15) is 31.1 Å². The van der Waals surface area contributed by atoms with Crippen LogP contribution in [0.5, 0.6) is 5.75 Å². The second-order valence-electron chi connectivity index (χ2n) is 5.00. The number of carboxylic acid groups (broad SMARTS) is 1. The van der Waals surface area contributed by atoms with Gasteiger partial charge in [0.2, 0.25) is 0 Å². The molecule has 0 fully saturated rings. The fraction of sp³-hybridized carbons (Fsp3) is 0.385. The van der Waals surface area contributed by atoms with Gasteiger partial charge in [-0.15, -0.1) is 0 Å². The van der Waals surface area contributed by atoms with Crippen molar-refractivity contribution < 1.29 is 19.8 Å². The van der Waals surface area contributed by atoms with E-state index in [-0.39, 0.29) is 18.2 Å². The summed E-state index contributed by atoms with van der Waals surface area (Å²) < 4.78 is 0. The van der Waals surface area contributed by atoms with E-state index in [9.17, 15) is 9.59 Å². The average molecular weight is 251 g/mol. The Bertz CT molecular complexity index is 445. The highest BCUT2D eigenvalue weighted by atomic mass is 16.4. The maximum atomic E-state index is 12.2. The average Bonchev–Trinajstić information content (AvgIpc) is 2.24. The Hall–Kier alpha value is -2.04. The van der Waals surface area contributed by atoms with Crippen molar-refractivity contribution in [2.24, 2.45) is 0 Å². The van der Waals surface area contributed by atoms with Gasteiger partial charge in [-0.3, -0.25) is 9.59 Å². The summed E-state index contributed by atoms with van der Waals surface area (Å²) in [6.07, 6.45) is 0. The molecule has 1 rings (SSSR count). The Morgan fingerprint density at radius 2 is 1.67 bits per heavy atom. The van der Waals surface area contributed by atoms with Crippen molar-refractivity contribution in [2.45, 2.75) is 26.3 Å². The van der Waals surface area contributed by atoms with Crippen molar-refractivity contribution in [2.75, 3.05) is 6.54 Å². The van der Waals surface area contributed by atoms with Crippen LogP contribution in [0.3, 0.4) is 0 Å². The Labute approximate surface area is 106 Å². The lowest BCUT2D eigenvalue weighted by Gasteiger charge is -2.34. The minimum atomic E-state index is -1.06. The van der Waals surface area contributed by atoms with Gasteiger partial charge in [-0.05, 0) is 45.0 Å². The molecular formula is C13H17NO4. The zero-order chi connectivity index (χ0) is 13.9. The molecule has 0 aliphatic carbocycles. The molecule has 1 aromatic rings. The van der Waals surface area contributed by atoms with Crippen LogP contribution in [0.4, 0.5) is 0 Å². The molecular weight excluding hydrogens is 234 g/mol. The summed E-state index contributed by atoms with van der Waals surface area (Å²) in [6, 6.07) is 5.74. The first-order chi connectivity index (χ1) is 8.21. The number of aromatic hydroxyl groups is 1. The first kappa shape index (κ1) is 14.0. The molecule has 2 N–H and O–H groups in total. The van der Waals surface area contributed by atoms with Crippen LogP contribution in [-0.4, -0.2) is 39.1 Å². The summed E-state index contributed by atoms with van der Waals surface area (Å²) >= 11 is 0. The summed E-state index contributed by atoms with van der Waals surface area (Å²) in [7, 11) is 0. The number of phenols is 1. The van der Waals surface area contributed by atoms with Crippen LogP contribution in [-0.2, 0) is 4.79 Å². The van der Waals surface area contributed by atoms with Gasteiger partial charge >= 0.3 is 5.97 Å². The number of carbonyl (C=O) groups is 2. The molecule has 0 aromatic heterocycles. The number of benzene rings is 1. The second-order valence-corrected chi connectivity index (χ2v) is 5.00. The van der Waals surface area contributed by atoms with Gasteiger partial charge in [-0.25, -0.2) is 0 Å². The molecule has 1 aromatic carbocycles. The predicted molar refractivity (Wildman–Crippen MR) is 66.5 cm³/mol. The minimum absolute atomic E-state index is 0.0621. The van der Waals surface area contributed by atoms with Crippen LogP contribution in [0.15, 0.2) is 24.3 Å². The van der Waals surface area contributed by atoms with E-state index in [0.717, 1.165) is 0 Å². The molecule has 0 atom stereocenters. The van der Waals surface area contributed by atoms with Gasteiger partial charge in [0.05, 0.1) is 0 Å². The van der Waals surface area contributed by atoms with Crippen LogP contribution in [0.25, 0.3) is 0 Å². The van der Waals surface area contributed by atoms with Crippen molar-refractivity contribution in [3.63, 3.8) is 0 Å². The normalized spacial score (nSPS) is 11.1. The largest absolute Gasteiger partial charge is 0.508 e. The molecule has 18 heavy (non-hydrogen) atoms. The van der Waals surface area contributed by atoms with Crippen molar-refractivity contribution >= 4 is 11.9 Å². The molecule has 0 unspecified atom stereocenters. The van der Waals surface area contributed by atoms with E-state index in [0.29, 0.717) is 5.56 Å². The van der Waals surface area contributed by atoms with Crippen molar-refractivity contribution in [1.29, 1.82) is 0 Å². The molecule has 0 aliphatic heterocycles. The third-order valence-electron chi connectivity index (χ3n) is 2.46. The van der Waals surface area contributed by atoms with E-state index in [1.54, 1.807) is 20.8 Å². The van der Waals surface area contributed by atoms with Gasteiger partial charge in [0, 0.05) is 11.1 Å². The number of carboxylic acids is 1. The Morgan fingerprint density at radius 3 is 2.06 bits per heavy atom. The molecule has 0 radical (unpaired) electrons. The highest BCUT2D eigenvalue weighted by molar-refractivity contribution is 5.96. The first-order valence-electron chi connectivity index (χ1n) is 5.54. The lowest BCUT2D eigenvalue weighted by atomic mass is 10.0. The van der Waals surface area contributed by atoms with E-state index in [1.165, 1.54) is 29.2 Å². The van der Waals surface area contributed by atoms with Gasteiger partial charge in [0.1, 0.15) is 12.3 Å². The third-order valence-corrected chi connectivity index (χ3v) is 2.46. The van der Waals surface area contributed by atoms with E-state index in [1.807, 2.05) is 0 Å². The fourth-order valence-electron chi connectivity index (χ4n) is 1.51. The highest BCUT2D eigenvalue weighted by Crippen LogP contribution is 2.18. The van der Waals surface area contributed by atoms with Crippen LogP contribution >= 0.6 is 0 Å². The number of rotatable bonds is 3. The van der Waals surface area contributed by atoms with Gasteiger partial charge in [-0.1, -0.05) is 0 Å². The molecule has 5 nitrogen and oxygen atoms in total. The highest BCUT2D eigenvalue weighted by Gasteiger charge is 2.29. The lowest BCUT2D eigenvalue weighted by Crippen LogP contribution is -2.48. The Balaban J connectivity index is 3.02. The van der Waals surface area contributed by atoms with Gasteiger partial charge in [-0.2, -0.15) is 0 Å². The van der Waals surface area contributed by atoms with Gasteiger partial charge < -0.3 is 15.1 Å². The van der Waals surface area contributed by atoms with Gasteiger partial charge in [0.25, 0.3) is 5.91 Å². The lowest BCUT2D eigenvalue weighted by molar-refractivity contribution is -0.138. The number of hydrogen-bond acceptors (Lipinski definition) is 3. The van der Waals surface area contributed by atoms with Crippen molar-refractivity contribution in [1.82, 2.24) is 4.90 Å². The number of phenolic OH excluding ortho intramolecular Hbond substituents is 1. The molecule has 0 bridgehead atoms. The summed E-state index contributed by atoms with van der Waals surface area (Å²) in [5, 5.41) is 18.0. The van der Waals surface area contributed by atoms with Crippen LogP contribution in [0, 0.1) is 0 Å². The fourth-order valence-corrected chi connectivity index (χ4v) is 1.51. The summed E-state index contributed by atoms with van der Waals surface area (Å²) in [4.78, 5) is 24.3. The monoisotopic (exact) mass is 251 g/mol. The van der Waals surface area contributed by atoms with Gasteiger partial charge in [0.15, 0.2) is 0 Å². The maximum Gasteiger partial charge on any atom is 0.323 e. The Morgan fingerprint density at radius 1 is 1.17 bits per heavy atom. The molecule has 1 amide bonds. The summed E-state index contributed by atoms with van der Waals surface area (Å²) in [6.45, 7) is 4.96. The topological polar surface area (TPSA) is 77.8 Å². The predicted octanol–water partition coefficient (Wildman–Crippen LogP) is 1.72. The number of nitrogens with zero attached hydrogens (tertiary/aromatic N) is 1. The molecule has 98 valence electrons. The zero-order valence-corrected chi connectivity index (χ0v) is 10.7. The zero-order valence-electron chi connectivity index (χ0n) is 10.7. The molecule has 0 spiro atoms. The number of aliphatic carboxylic acids is 1. The van der Waals surface area contributed by atoms with E-state index >= 15 is 0 Å². The van der Waals surface area contributed by atoms with E-state index in [2.05, 4.69) is 0 Å². The number of hydrogen-bond donors (Lipinski definition) is 2.